The van der Waals surface area contributed by atoms with Gasteiger partial charge in [0.1, 0.15) is 11.4 Å². The number of H-pyrrole nitrogens is 1. The number of aromatic nitrogens is 1. The molecule has 29 heavy (non-hydrogen) atoms. The minimum Gasteiger partial charge on any atom is -0.360 e. The molecule has 0 aliphatic heterocycles. The van der Waals surface area contributed by atoms with Gasteiger partial charge in [-0.1, -0.05) is 42.5 Å². The second-order valence-electron chi connectivity index (χ2n) is 6.92. The quantitative estimate of drug-likeness (QED) is 0.540. The predicted octanol–water partition coefficient (Wildman–Crippen LogP) is 4.57. The van der Waals surface area contributed by atoms with Gasteiger partial charge in [0.15, 0.2) is 0 Å². The van der Waals surface area contributed by atoms with Crippen LogP contribution in [0.25, 0.3) is 22.0 Å². The van der Waals surface area contributed by atoms with Crippen LogP contribution in [0.15, 0.2) is 77.7 Å². The van der Waals surface area contributed by atoms with E-state index in [1.54, 1.807) is 18.2 Å². The zero-order valence-electron chi connectivity index (χ0n) is 15.8. The molecule has 4 nitrogen and oxygen atoms in total. The fourth-order valence-corrected chi connectivity index (χ4v) is 3.38. The molecule has 0 bridgehead atoms. The summed E-state index contributed by atoms with van der Waals surface area (Å²) >= 11 is 0. The van der Waals surface area contributed by atoms with Gasteiger partial charge < -0.3 is 10.3 Å². The highest BCUT2D eigenvalue weighted by molar-refractivity contribution is 5.97. The van der Waals surface area contributed by atoms with Crippen LogP contribution >= 0.6 is 0 Å². The summed E-state index contributed by atoms with van der Waals surface area (Å²) in [5.41, 5.74) is 4.02. The molecule has 0 saturated heterocycles. The maximum absolute atomic E-state index is 13.3. The molecule has 1 amide bonds. The minimum atomic E-state index is -0.501. The zero-order valence-corrected chi connectivity index (χ0v) is 15.8. The molecule has 5 heteroatoms. The van der Waals surface area contributed by atoms with E-state index in [1.165, 1.54) is 18.3 Å². The average molecular weight is 386 g/mol. The van der Waals surface area contributed by atoms with E-state index in [0.29, 0.717) is 16.5 Å². The SMILES string of the molecule is Cc1ccccc1-c1ccc2[nH]cc(C(=O)NCc3cccc(F)c3)c(=O)c2c1. The maximum Gasteiger partial charge on any atom is 0.257 e. The van der Waals surface area contributed by atoms with Gasteiger partial charge in [-0.3, -0.25) is 9.59 Å². The number of hydrogen-bond donors (Lipinski definition) is 2. The molecule has 144 valence electrons. The number of benzene rings is 3. The smallest absolute Gasteiger partial charge is 0.257 e. The number of hydrogen-bond acceptors (Lipinski definition) is 2. The number of carbonyl (C=O) groups is 1. The van der Waals surface area contributed by atoms with Crippen molar-refractivity contribution in [3.05, 3.63) is 106 Å². The molecule has 3 aromatic carbocycles. The van der Waals surface area contributed by atoms with Gasteiger partial charge in [-0.25, -0.2) is 4.39 Å². The molecule has 1 aromatic heterocycles. The van der Waals surface area contributed by atoms with Gasteiger partial charge in [-0.05, 0) is 53.4 Å². The summed E-state index contributed by atoms with van der Waals surface area (Å²) in [5, 5.41) is 3.13. The highest BCUT2D eigenvalue weighted by Gasteiger charge is 2.14. The molecule has 0 atom stereocenters. The van der Waals surface area contributed by atoms with Gasteiger partial charge in [0.25, 0.3) is 5.91 Å². The third kappa shape index (κ3) is 3.80. The van der Waals surface area contributed by atoms with Crippen LogP contribution in [-0.4, -0.2) is 10.9 Å². The van der Waals surface area contributed by atoms with Crippen molar-refractivity contribution in [3.8, 4) is 11.1 Å². The fraction of sp³-hybridized carbons (Fsp3) is 0.0833. The van der Waals surface area contributed by atoms with Crippen LogP contribution in [0.4, 0.5) is 4.39 Å². The molecule has 0 fully saturated rings. The number of fused-ring (bicyclic) bond motifs is 1. The van der Waals surface area contributed by atoms with Gasteiger partial charge >= 0.3 is 0 Å². The molecule has 0 unspecified atom stereocenters. The summed E-state index contributed by atoms with van der Waals surface area (Å²) in [6.07, 6.45) is 1.42. The third-order valence-electron chi connectivity index (χ3n) is 4.92. The molecular weight excluding hydrogens is 367 g/mol. The van der Waals surface area contributed by atoms with E-state index < -0.39 is 5.91 Å². The van der Waals surface area contributed by atoms with E-state index in [-0.39, 0.29) is 23.4 Å². The second kappa shape index (κ2) is 7.72. The van der Waals surface area contributed by atoms with Crippen LogP contribution in [0.3, 0.4) is 0 Å². The van der Waals surface area contributed by atoms with Crippen LogP contribution in [0, 0.1) is 12.7 Å². The van der Waals surface area contributed by atoms with Crippen LogP contribution < -0.4 is 10.7 Å². The van der Waals surface area contributed by atoms with Crippen molar-refractivity contribution >= 4 is 16.8 Å². The number of carbonyl (C=O) groups excluding carboxylic acids is 1. The molecule has 0 aliphatic rings. The number of halogens is 1. The predicted molar refractivity (Wildman–Crippen MR) is 112 cm³/mol. The summed E-state index contributed by atoms with van der Waals surface area (Å²) in [7, 11) is 0. The van der Waals surface area contributed by atoms with E-state index in [0.717, 1.165) is 16.7 Å². The first-order valence-electron chi connectivity index (χ1n) is 9.27. The summed E-state index contributed by atoms with van der Waals surface area (Å²) in [4.78, 5) is 28.5. The van der Waals surface area contributed by atoms with Crippen molar-refractivity contribution in [1.82, 2.24) is 10.3 Å². The molecule has 0 saturated carbocycles. The lowest BCUT2D eigenvalue weighted by Crippen LogP contribution is -2.28. The Morgan fingerprint density at radius 3 is 2.66 bits per heavy atom. The Hall–Kier alpha value is -3.73. The van der Waals surface area contributed by atoms with Gasteiger partial charge in [0.05, 0.1) is 0 Å². The standard InChI is InChI=1S/C24H19FN2O2/c1-15-5-2-3-8-19(15)17-9-10-22-20(12-17)23(28)21(14-26-22)24(29)27-13-16-6-4-7-18(25)11-16/h2-12,14H,13H2,1H3,(H,26,28)(H,27,29). The van der Waals surface area contributed by atoms with Crippen LogP contribution in [0.2, 0.25) is 0 Å². The Kier molecular flexibility index (Phi) is 4.96. The molecule has 2 N–H and O–H groups in total. The van der Waals surface area contributed by atoms with E-state index >= 15 is 0 Å². The zero-order chi connectivity index (χ0) is 20.4. The molecule has 1 heterocycles. The first-order valence-corrected chi connectivity index (χ1v) is 9.27. The Morgan fingerprint density at radius 2 is 1.86 bits per heavy atom. The molecule has 0 spiro atoms. The Balaban J connectivity index is 1.67. The van der Waals surface area contributed by atoms with Crippen molar-refractivity contribution in [2.45, 2.75) is 13.5 Å². The largest absolute Gasteiger partial charge is 0.360 e. The molecule has 0 aliphatic carbocycles. The maximum atomic E-state index is 13.3. The highest BCUT2D eigenvalue weighted by atomic mass is 19.1. The summed E-state index contributed by atoms with van der Waals surface area (Å²) in [5.74, 6) is -0.872. The highest BCUT2D eigenvalue weighted by Crippen LogP contribution is 2.25. The first-order chi connectivity index (χ1) is 14.0. The van der Waals surface area contributed by atoms with E-state index in [9.17, 15) is 14.0 Å². The fourth-order valence-electron chi connectivity index (χ4n) is 3.38. The monoisotopic (exact) mass is 386 g/mol. The van der Waals surface area contributed by atoms with Crippen molar-refractivity contribution in [2.24, 2.45) is 0 Å². The van der Waals surface area contributed by atoms with Gasteiger partial charge in [0.2, 0.25) is 5.43 Å². The van der Waals surface area contributed by atoms with Gasteiger partial charge in [-0.15, -0.1) is 0 Å². The second-order valence-corrected chi connectivity index (χ2v) is 6.92. The number of rotatable bonds is 4. The number of nitrogens with one attached hydrogen (secondary N) is 2. The third-order valence-corrected chi connectivity index (χ3v) is 4.92. The number of aryl methyl sites for hydroxylation is 1. The minimum absolute atomic E-state index is 0.0239. The van der Waals surface area contributed by atoms with Crippen molar-refractivity contribution < 1.29 is 9.18 Å². The molecule has 4 rings (SSSR count). The van der Waals surface area contributed by atoms with E-state index in [2.05, 4.69) is 10.3 Å². The average Bonchev–Trinajstić information content (AvgIpc) is 2.73. The lowest BCUT2D eigenvalue weighted by molar-refractivity contribution is 0.0949. The molecule has 4 aromatic rings. The van der Waals surface area contributed by atoms with Crippen molar-refractivity contribution in [1.29, 1.82) is 0 Å². The molecular formula is C24H19FN2O2. The summed E-state index contributed by atoms with van der Waals surface area (Å²) < 4.78 is 13.3. The lowest BCUT2D eigenvalue weighted by atomic mass is 9.98. The number of aromatic amines is 1. The van der Waals surface area contributed by atoms with Crippen molar-refractivity contribution in [3.63, 3.8) is 0 Å². The topological polar surface area (TPSA) is 62.0 Å². The van der Waals surface area contributed by atoms with Gasteiger partial charge in [-0.2, -0.15) is 0 Å². The Bertz CT molecular complexity index is 1280. The number of pyridine rings is 1. The molecule has 0 radical (unpaired) electrons. The van der Waals surface area contributed by atoms with Crippen LogP contribution in [0.1, 0.15) is 21.5 Å². The number of amides is 1. The van der Waals surface area contributed by atoms with Gasteiger partial charge in [0, 0.05) is 23.6 Å². The Morgan fingerprint density at radius 1 is 1.03 bits per heavy atom. The summed E-state index contributed by atoms with van der Waals surface area (Å²) in [6.45, 7) is 2.15. The summed E-state index contributed by atoms with van der Waals surface area (Å²) in [6, 6.07) is 19.5. The van der Waals surface area contributed by atoms with E-state index in [4.69, 9.17) is 0 Å². The first kappa shape index (κ1) is 18.6. The lowest BCUT2D eigenvalue weighted by Gasteiger charge is -2.09. The van der Waals surface area contributed by atoms with Crippen LogP contribution in [-0.2, 0) is 6.54 Å². The van der Waals surface area contributed by atoms with Crippen LogP contribution in [0.5, 0.6) is 0 Å². The Labute approximate surface area is 167 Å². The van der Waals surface area contributed by atoms with Crippen molar-refractivity contribution in [2.75, 3.05) is 0 Å². The van der Waals surface area contributed by atoms with E-state index in [1.807, 2.05) is 43.3 Å². The normalized spacial score (nSPS) is 10.8.